The first-order valence-corrected chi connectivity index (χ1v) is 12.3. The summed E-state index contributed by atoms with van der Waals surface area (Å²) in [6, 6.07) is 18.0. The van der Waals surface area contributed by atoms with Gasteiger partial charge in [0.05, 0.1) is 13.2 Å². The van der Waals surface area contributed by atoms with Crippen LogP contribution >= 0.6 is 0 Å². The highest BCUT2D eigenvalue weighted by atomic mass is 16.5. The van der Waals surface area contributed by atoms with Gasteiger partial charge in [0.2, 0.25) is 0 Å². The van der Waals surface area contributed by atoms with Crippen LogP contribution in [0.1, 0.15) is 70.6 Å². The average molecular weight is 423 g/mol. The van der Waals surface area contributed by atoms with E-state index < -0.39 is 0 Å². The van der Waals surface area contributed by atoms with Crippen LogP contribution in [0.2, 0.25) is 0 Å². The minimum absolute atomic E-state index is 0.634. The standard InChI is InChI=1S/C27H38N2O2/c1-3-8-22(9-4-1)28-24-12-16-26(17-13-24)30-20-7-21-31-27-18-14-25(15-19-27)29-23-10-5-2-6-11-23/h12-19,22-23,28-29H,1-11,20-21H2. The highest BCUT2D eigenvalue weighted by Crippen LogP contribution is 2.24. The lowest BCUT2D eigenvalue weighted by Gasteiger charge is -2.24. The summed E-state index contributed by atoms with van der Waals surface area (Å²) in [5, 5.41) is 7.30. The molecule has 0 heterocycles. The van der Waals surface area contributed by atoms with Crippen molar-refractivity contribution in [1.82, 2.24) is 0 Å². The lowest BCUT2D eigenvalue weighted by molar-refractivity contribution is 0.247. The molecule has 4 rings (SSSR count). The van der Waals surface area contributed by atoms with Crippen LogP contribution in [0.5, 0.6) is 11.5 Å². The quantitative estimate of drug-likeness (QED) is 0.404. The molecule has 4 nitrogen and oxygen atoms in total. The SMILES string of the molecule is c1cc(OCCCOc2ccc(NC3CCCCC3)cc2)ccc1NC1CCCCC1. The molecule has 0 unspecified atom stereocenters. The fraction of sp³-hybridized carbons (Fsp3) is 0.556. The molecule has 2 N–H and O–H groups in total. The molecular formula is C27H38N2O2. The molecule has 31 heavy (non-hydrogen) atoms. The van der Waals surface area contributed by atoms with Gasteiger partial charge in [0.15, 0.2) is 0 Å². The van der Waals surface area contributed by atoms with Gasteiger partial charge < -0.3 is 20.1 Å². The summed E-state index contributed by atoms with van der Waals surface area (Å²) in [7, 11) is 0. The predicted octanol–water partition coefficient (Wildman–Crippen LogP) is 7.02. The summed E-state index contributed by atoms with van der Waals surface area (Å²) >= 11 is 0. The summed E-state index contributed by atoms with van der Waals surface area (Å²) in [4.78, 5) is 0. The fourth-order valence-corrected chi connectivity index (χ4v) is 4.70. The van der Waals surface area contributed by atoms with Gasteiger partial charge >= 0.3 is 0 Å². The third-order valence-electron chi connectivity index (χ3n) is 6.49. The molecule has 4 heteroatoms. The maximum atomic E-state index is 5.87. The van der Waals surface area contributed by atoms with Gasteiger partial charge in [-0.25, -0.2) is 0 Å². The van der Waals surface area contributed by atoms with E-state index >= 15 is 0 Å². The number of rotatable bonds is 10. The molecule has 0 amide bonds. The number of hydrogen-bond donors (Lipinski definition) is 2. The molecule has 2 fully saturated rings. The van der Waals surface area contributed by atoms with Crippen molar-refractivity contribution in [1.29, 1.82) is 0 Å². The number of ether oxygens (including phenoxy) is 2. The van der Waals surface area contributed by atoms with E-state index in [9.17, 15) is 0 Å². The number of nitrogens with one attached hydrogen (secondary N) is 2. The summed E-state index contributed by atoms with van der Waals surface area (Å²) in [5.74, 6) is 1.85. The molecule has 0 radical (unpaired) electrons. The highest BCUT2D eigenvalue weighted by molar-refractivity contribution is 5.48. The molecule has 2 aliphatic rings. The lowest BCUT2D eigenvalue weighted by Crippen LogP contribution is -2.22. The fourth-order valence-electron chi connectivity index (χ4n) is 4.70. The van der Waals surface area contributed by atoms with Gasteiger partial charge in [-0.15, -0.1) is 0 Å². The van der Waals surface area contributed by atoms with Gasteiger partial charge in [0.1, 0.15) is 11.5 Å². The largest absolute Gasteiger partial charge is 0.493 e. The van der Waals surface area contributed by atoms with Crippen molar-refractivity contribution < 1.29 is 9.47 Å². The van der Waals surface area contributed by atoms with Crippen LogP contribution in [0.25, 0.3) is 0 Å². The molecule has 168 valence electrons. The van der Waals surface area contributed by atoms with E-state index in [0.717, 1.165) is 17.9 Å². The summed E-state index contributed by atoms with van der Waals surface area (Å²) < 4.78 is 11.7. The Hall–Kier alpha value is -2.36. The smallest absolute Gasteiger partial charge is 0.119 e. The van der Waals surface area contributed by atoms with Gasteiger partial charge in [-0.1, -0.05) is 38.5 Å². The highest BCUT2D eigenvalue weighted by Gasteiger charge is 2.13. The molecule has 2 aliphatic carbocycles. The Morgan fingerprint density at radius 3 is 1.32 bits per heavy atom. The van der Waals surface area contributed by atoms with Crippen molar-refractivity contribution in [3.63, 3.8) is 0 Å². The molecule has 0 atom stereocenters. The van der Waals surface area contributed by atoms with Crippen LogP contribution in [-0.2, 0) is 0 Å². The van der Waals surface area contributed by atoms with E-state index in [1.807, 2.05) is 0 Å². The monoisotopic (exact) mass is 422 g/mol. The molecule has 0 saturated heterocycles. The zero-order valence-electron chi connectivity index (χ0n) is 18.8. The van der Waals surface area contributed by atoms with Gasteiger partial charge in [0, 0.05) is 29.9 Å². The second-order valence-electron chi connectivity index (χ2n) is 9.06. The Bertz CT molecular complexity index is 682. The third-order valence-corrected chi connectivity index (χ3v) is 6.49. The Balaban J connectivity index is 1.10. The van der Waals surface area contributed by atoms with Crippen molar-refractivity contribution in [3.8, 4) is 11.5 Å². The predicted molar refractivity (Wildman–Crippen MR) is 129 cm³/mol. The maximum absolute atomic E-state index is 5.87. The molecule has 0 spiro atoms. The first-order valence-electron chi connectivity index (χ1n) is 12.3. The van der Waals surface area contributed by atoms with E-state index in [0.29, 0.717) is 25.3 Å². The number of anilines is 2. The average Bonchev–Trinajstić information content (AvgIpc) is 2.82. The summed E-state index contributed by atoms with van der Waals surface area (Å²) in [6.45, 7) is 1.33. The van der Waals surface area contributed by atoms with E-state index in [2.05, 4.69) is 59.2 Å². The Morgan fingerprint density at radius 1 is 0.548 bits per heavy atom. The minimum Gasteiger partial charge on any atom is -0.493 e. The molecular weight excluding hydrogens is 384 g/mol. The van der Waals surface area contributed by atoms with Crippen molar-refractivity contribution >= 4 is 11.4 Å². The van der Waals surface area contributed by atoms with E-state index in [1.54, 1.807) is 0 Å². The maximum Gasteiger partial charge on any atom is 0.119 e. The van der Waals surface area contributed by atoms with E-state index in [4.69, 9.17) is 9.47 Å². The summed E-state index contributed by atoms with van der Waals surface area (Å²) in [6.07, 6.45) is 14.2. The second kappa shape index (κ2) is 11.9. The molecule has 0 aromatic heterocycles. The van der Waals surface area contributed by atoms with Crippen molar-refractivity contribution in [2.45, 2.75) is 82.7 Å². The van der Waals surface area contributed by atoms with Crippen molar-refractivity contribution in [3.05, 3.63) is 48.5 Å². The van der Waals surface area contributed by atoms with E-state index in [-0.39, 0.29) is 0 Å². The van der Waals surface area contributed by atoms with Gasteiger partial charge in [-0.05, 0) is 74.2 Å². The molecule has 0 aliphatic heterocycles. The van der Waals surface area contributed by atoms with Crippen LogP contribution in [0, 0.1) is 0 Å². The Morgan fingerprint density at radius 2 is 0.935 bits per heavy atom. The van der Waals surface area contributed by atoms with Crippen LogP contribution in [0.3, 0.4) is 0 Å². The topological polar surface area (TPSA) is 42.5 Å². The van der Waals surface area contributed by atoms with Crippen LogP contribution in [0.15, 0.2) is 48.5 Å². The van der Waals surface area contributed by atoms with Crippen LogP contribution < -0.4 is 20.1 Å². The number of hydrogen-bond acceptors (Lipinski definition) is 4. The van der Waals surface area contributed by atoms with E-state index in [1.165, 1.54) is 75.6 Å². The zero-order valence-corrected chi connectivity index (χ0v) is 18.8. The first-order chi connectivity index (χ1) is 15.3. The Kier molecular flexibility index (Phi) is 8.37. The first kappa shape index (κ1) is 21.9. The second-order valence-corrected chi connectivity index (χ2v) is 9.06. The van der Waals surface area contributed by atoms with Gasteiger partial charge in [-0.2, -0.15) is 0 Å². The molecule has 2 aromatic carbocycles. The number of benzene rings is 2. The van der Waals surface area contributed by atoms with Crippen molar-refractivity contribution in [2.75, 3.05) is 23.8 Å². The minimum atomic E-state index is 0.634. The van der Waals surface area contributed by atoms with Gasteiger partial charge in [-0.3, -0.25) is 0 Å². The molecule has 2 saturated carbocycles. The van der Waals surface area contributed by atoms with Crippen LogP contribution in [-0.4, -0.2) is 25.3 Å². The zero-order chi connectivity index (χ0) is 21.1. The molecule has 0 bridgehead atoms. The summed E-state index contributed by atoms with van der Waals surface area (Å²) in [5.41, 5.74) is 2.40. The van der Waals surface area contributed by atoms with Gasteiger partial charge in [0.25, 0.3) is 0 Å². The third kappa shape index (κ3) is 7.37. The Labute approximate surface area is 187 Å². The van der Waals surface area contributed by atoms with Crippen molar-refractivity contribution in [2.24, 2.45) is 0 Å². The molecule has 2 aromatic rings. The normalized spacial score (nSPS) is 17.8. The van der Waals surface area contributed by atoms with Crippen LogP contribution in [0.4, 0.5) is 11.4 Å². The lowest BCUT2D eigenvalue weighted by atomic mass is 9.95.